The average Bonchev–Trinajstić information content (AvgIpc) is 2.22. The molecule has 0 fully saturated rings. The summed E-state index contributed by atoms with van der Waals surface area (Å²) in [6.07, 6.45) is -3.68. The van der Waals surface area contributed by atoms with Crippen LogP contribution in [0.1, 0.15) is 13.8 Å². The first kappa shape index (κ1) is 14.9. The van der Waals surface area contributed by atoms with Crippen molar-refractivity contribution in [3.63, 3.8) is 0 Å². The SMILES string of the molecule is CC(C)C1([N+](F)(F)F)C(F)=C(F)C(F)=C(F)C1F. The number of allylic oxidation sites excluding steroid dienone is 2. The molecule has 2 atom stereocenters. The molecule has 2 unspecified atom stereocenters. The highest BCUT2D eigenvalue weighted by Gasteiger charge is 2.75. The van der Waals surface area contributed by atoms with Crippen molar-refractivity contribution in [1.29, 1.82) is 0 Å². The van der Waals surface area contributed by atoms with Crippen LogP contribution < -0.4 is 0 Å². The third-order valence-corrected chi connectivity index (χ3v) is 2.86. The summed E-state index contributed by atoms with van der Waals surface area (Å²) in [5.41, 5.74) is -4.11. The molecule has 1 nitrogen and oxygen atoms in total. The molecule has 0 spiro atoms. The van der Waals surface area contributed by atoms with Crippen LogP contribution >= 0.6 is 0 Å². The van der Waals surface area contributed by atoms with Crippen LogP contribution in [0.3, 0.4) is 0 Å². The van der Waals surface area contributed by atoms with Gasteiger partial charge in [0.05, 0.1) is 13.4 Å². The fraction of sp³-hybridized carbons (Fsp3) is 0.556. The quantitative estimate of drug-likeness (QED) is 0.516. The first-order chi connectivity index (χ1) is 7.99. The molecule has 0 saturated carbocycles. The monoisotopic (exact) mass is 282 g/mol. The van der Waals surface area contributed by atoms with Crippen LogP contribution in [-0.4, -0.2) is 16.9 Å². The van der Waals surface area contributed by atoms with E-state index in [1.165, 1.54) is 0 Å². The lowest BCUT2D eigenvalue weighted by Gasteiger charge is -2.35. The second-order valence-electron chi connectivity index (χ2n) is 4.08. The Morgan fingerprint density at radius 3 is 1.78 bits per heavy atom. The minimum absolute atomic E-state index is 0.724. The number of nitrogens with zero attached hydrogens (tertiary/aromatic N) is 1. The minimum atomic E-state index is -4.90. The van der Waals surface area contributed by atoms with Crippen molar-refractivity contribution in [2.45, 2.75) is 25.6 Å². The van der Waals surface area contributed by atoms with E-state index < -0.39 is 46.1 Å². The third-order valence-electron chi connectivity index (χ3n) is 2.86. The van der Waals surface area contributed by atoms with Crippen molar-refractivity contribution in [3.8, 4) is 0 Å². The Morgan fingerprint density at radius 2 is 1.44 bits per heavy atom. The van der Waals surface area contributed by atoms with Crippen LogP contribution in [0.2, 0.25) is 0 Å². The average molecular weight is 282 g/mol. The van der Waals surface area contributed by atoms with Gasteiger partial charge >= 0.3 is 5.54 Å². The summed E-state index contributed by atoms with van der Waals surface area (Å²) in [6.45, 7) is 1.45. The van der Waals surface area contributed by atoms with Gasteiger partial charge in [-0.25, -0.2) is 22.0 Å². The van der Waals surface area contributed by atoms with Gasteiger partial charge in [0.25, 0.3) is 5.15 Å². The largest absolute Gasteiger partial charge is 0.310 e. The van der Waals surface area contributed by atoms with Gasteiger partial charge in [-0.15, -0.1) is 0 Å². The molecule has 0 heterocycles. The number of hydrogen-bond donors (Lipinski definition) is 0. The molecule has 0 radical (unpaired) electrons. The van der Waals surface area contributed by atoms with Crippen molar-refractivity contribution in [3.05, 3.63) is 23.3 Å². The maximum atomic E-state index is 13.5. The van der Waals surface area contributed by atoms with Gasteiger partial charge in [0, 0.05) is 5.92 Å². The highest BCUT2D eigenvalue weighted by atomic mass is 19.6. The molecular weight excluding hydrogens is 274 g/mol. The highest BCUT2D eigenvalue weighted by Crippen LogP contribution is 2.53. The Hall–Kier alpha value is -1.12. The van der Waals surface area contributed by atoms with Gasteiger partial charge in [0.1, 0.15) is 0 Å². The van der Waals surface area contributed by atoms with Crippen LogP contribution in [-0.2, 0) is 0 Å². The van der Waals surface area contributed by atoms with Crippen LogP contribution in [0.15, 0.2) is 23.3 Å². The lowest BCUT2D eigenvalue weighted by molar-refractivity contribution is -1.30. The lowest BCUT2D eigenvalue weighted by Crippen LogP contribution is -2.61. The molecular formula is C9H8F8N+. The van der Waals surface area contributed by atoms with Crippen LogP contribution in [0.4, 0.5) is 35.4 Å². The van der Waals surface area contributed by atoms with Crippen molar-refractivity contribution in [1.82, 2.24) is 0 Å². The van der Waals surface area contributed by atoms with E-state index >= 15 is 0 Å². The minimum Gasteiger partial charge on any atom is -0.232 e. The fourth-order valence-corrected chi connectivity index (χ4v) is 1.87. The van der Waals surface area contributed by atoms with E-state index in [9.17, 15) is 35.4 Å². The molecule has 1 aliphatic rings. The number of halogens is 8. The topological polar surface area (TPSA) is 0 Å². The van der Waals surface area contributed by atoms with E-state index in [-0.39, 0.29) is 0 Å². The Labute approximate surface area is 96.4 Å². The molecule has 104 valence electrons. The van der Waals surface area contributed by atoms with Crippen molar-refractivity contribution in [2.75, 3.05) is 0 Å². The van der Waals surface area contributed by atoms with Gasteiger partial charge in [0.15, 0.2) is 17.5 Å². The number of alkyl halides is 1. The zero-order valence-electron chi connectivity index (χ0n) is 9.13. The summed E-state index contributed by atoms with van der Waals surface area (Å²) < 4.78 is 104. The molecule has 9 heteroatoms. The molecule has 1 rings (SSSR count). The smallest absolute Gasteiger partial charge is 0.232 e. The number of quaternary nitrogens is 1. The molecule has 0 N–H and O–H groups in total. The van der Waals surface area contributed by atoms with Crippen LogP contribution in [0, 0.1) is 5.92 Å². The van der Waals surface area contributed by atoms with Gasteiger partial charge in [0.2, 0.25) is 12.0 Å². The van der Waals surface area contributed by atoms with E-state index in [1.54, 1.807) is 0 Å². The second kappa shape index (κ2) is 4.22. The number of rotatable bonds is 2. The van der Waals surface area contributed by atoms with Gasteiger partial charge in [-0.2, -0.15) is 0 Å². The fourth-order valence-electron chi connectivity index (χ4n) is 1.87. The van der Waals surface area contributed by atoms with E-state index in [1.807, 2.05) is 0 Å². The number of hydrogen-bond acceptors (Lipinski definition) is 0. The normalized spacial score (nSPS) is 30.5. The summed E-state index contributed by atoms with van der Waals surface area (Å²) in [7, 11) is 0. The maximum absolute atomic E-state index is 13.5. The summed E-state index contributed by atoms with van der Waals surface area (Å²) in [5, 5.41) is -4.90. The zero-order chi connectivity index (χ0) is 14.5. The molecule has 18 heavy (non-hydrogen) atoms. The lowest BCUT2D eigenvalue weighted by atomic mass is 9.77. The van der Waals surface area contributed by atoms with E-state index in [4.69, 9.17) is 0 Å². The maximum Gasteiger partial charge on any atom is 0.310 e. The van der Waals surface area contributed by atoms with Crippen LogP contribution in [0.25, 0.3) is 0 Å². The van der Waals surface area contributed by atoms with Crippen LogP contribution in [0.5, 0.6) is 0 Å². The van der Waals surface area contributed by atoms with Gasteiger partial charge in [-0.3, -0.25) is 0 Å². The van der Waals surface area contributed by atoms with Crippen molar-refractivity contribution >= 4 is 0 Å². The van der Waals surface area contributed by atoms with Crippen molar-refractivity contribution in [2.24, 2.45) is 5.92 Å². The summed E-state index contributed by atoms with van der Waals surface area (Å²) in [6, 6.07) is 0. The molecule has 1 aliphatic carbocycles. The molecule has 0 bridgehead atoms. The first-order valence-corrected chi connectivity index (χ1v) is 4.73. The van der Waals surface area contributed by atoms with Gasteiger partial charge in [-0.05, 0) is 0 Å². The molecule has 0 saturated heterocycles. The standard InChI is InChI=1S/C9H8F8N/c1-3(2)9(18(15,16)17)7(13)5(11)4(10)6(12)8(9)14/h3,7H,1-2H3/q+1. The molecule has 0 aliphatic heterocycles. The molecule has 0 aromatic heterocycles. The van der Waals surface area contributed by atoms with E-state index in [2.05, 4.69) is 0 Å². The molecule has 0 aromatic rings. The summed E-state index contributed by atoms with van der Waals surface area (Å²) in [5.74, 6) is -12.4. The summed E-state index contributed by atoms with van der Waals surface area (Å²) >= 11 is 0. The third kappa shape index (κ3) is 1.63. The van der Waals surface area contributed by atoms with Crippen molar-refractivity contribution < 1.29 is 40.5 Å². The highest BCUT2D eigenvalue weighted by molar-refractivity contribution is 5.39. The van der Waals surface area contributed by atoms with E-state index in [0.717, 1.165) is 13.8 Å². The first-order valence-electron chi connectivity index (χ1n) is 4.73. The van der Waals surface area contributed by atoms with Gasteiger partial charge in [-0.1, -0.05) is 13.8 Å². The Bertz CT molecular complexity index is 421. The second-order valence-corrected chi connectivity index (χ2v) is 4.08. The Morgan fingerprint density at radius 1 is 1.00 bits per heavy atom. The predicted molar refractivity (Wildman–Crippen MR) is 44.5 cm³/mol. The Kier molecular flexibility index (Phi) is 3.50. The summed E-state index contributed by atoms with van der Waals surface area (Å²) in [4.78, 5) is 0. The van der Waals surface area contributed by atoms with Gasteiger partial charge < -0.3 is 0 Å². The zero-order valence-corrected chi connectivity index (χ0v) is 9.13. The Balaban J connectivity index is 3.66. The molecule has 0 aromatic carbocycles. The molecule has 0 amide bonds. The van der Waals surface area contributed by atoms with E-state index in [0.29, 0.717) is 0 Å². The predicted octanol–water partition coefficient (Wildman–Crippen LogP) is 4.50.